The number of sulfone groups is 1. The van der Waals surface area contributed by atoms with Crippen molar-refractivity contribution in [2.75, 3.05) is 19.5 Å². The zero-order chi connectivity index (χ0) is 18.9. The van der Waals surface area contributed by atoms with Crippen LogP contribution in [0.5, 0.6) is 5.75 Å². The highest BCUT2D eigenvalue weighted by Crippen LogP contribution is 2.24. The fourth-order valence-corrected chi connectivity index (χ4v) is 3.72. The van der Waals surface area contributed by atoms with Gasteiger partial charge in [-0.25, -0.2) is 13.4 Å². The van der Waals surface area contributed by atoms with Gasteiger partial charge in [0.2, 0.25) is 9.84 Å². The molecule has 0 fully saturated rings. The number of nitrogens with zero attached hydrogens (tertiary/aromatic N) is 5. The molecule has 0 unspecified atom stereocenters. The zero-order valence-electron chi connectivity index (χ0n) is 14.4. The standard InChI is InChI=1S/C16H16N6O3S/c1-18-14-13-15(22(2)9-19-13)21-16(20-14)26(23,24)8-10-4-5-12(25-3)11(6-10)7-17/h4-6,9H,8H2,1-3H3,(H,18,20,21). The molecule has 0 aliphatic rings. The van der Waals surface area contributed by atoms with Crippen molar-refractivity contribution >= 4 is 26.8 Å². The quantitative estimate of drug-likeness (QED) is 0.664. The van der Waals surface area contributed by atoms with E-state index in [1.807, 2.05) is 6.07 Å². The molecule has 1 N–H and O–H groups in total. The largest absolute Gasteiger partial charge is 0.495 e. The second kappa shape index (κ2) is 6.61. The summed E-state index contributed by atoms with van der Waals surface area (Å²) >= 11 is 0. The number of aromatic nitrogens is 4. The molecule has 0 saturated heterocycles. The molecule has 9 nitrogen and oxygen atoms in total. The molecule has 3 aromatic rings. The molecule has 0 atom stereocenters. The summed E-state index contributed by atoms with van der Waals surface area (Å²) in [6, 6.07) is 6.63. The first kappa shape index (κ1) is 17.6. The van der Waals surface area contributed by atoms with E-state index < -0.39 is 9.84 Å². The molecule has 0 amide bonds. The minimum Gasteiger partial charge on any atom is -0.495 e. The van der Waals surface area contributed by atoms with Crippen LogP contribution in [-0.2, 0) is 22.6 Å². The Hall–Kier alpha value is -3.19. The molecule has 0 saturated carbocycles. The van der Waals surface area contributed by atoms with Crippen LogP contribution in [0, 0.1) is 11.3 Å². The summed E-state index contributed by atoms with van der Waals surface area (Å²) in [7, 11) is 0.975. The third-order valence-electron chi connectivity index (χ3n) is 3.80. The zero-order valence-corrected chi connectivity index (χ0v) is 15.2. The van der Waals surface area contributed by atoms with Crippen LogP contribution in [0.25, 0.3) is 11.2 Å². The van der Waals surface area contributed by atoms with Crippen LogP contribution in [0.15, 0.2) is 29.7 Å². The van der Waals surface area contributed by atoms with Crippen molar-refractivity contribution in [3.05, 3.63) is 35.7 Å². The summed E-state index contributed by atoms with van der Waals surface area (Å²) in [6.07, 6.45) is 1.54. The van der Waals surface area contributed by atoms with Crippen molar-refractivity contribution in [3.8, 4) is 11.8 Å². The molecule has 0 bridgehead atoms. The molecule has 10 heteroatoms. The molecule has 0 aliphatic heterocycles. The van der Waals surface area contributed by atoms with Crippen LogP contribution >= 0.6 is 0 Å². The first-order chi connectivity index (χ1) is 12.4. The van der Waals surface area contributed by atoms with E-state index in [1.165, 1.54) is 13.2 Å². The fourth-order valence-electron chi connectivity index (χ4n) is 2.52. The van der Waals surface area contributed by atoms with Crippen molar-refractivity contribution in [2.45, 2.75) is 10.9 Å². The molecule has 0 radical (unpaired) electrons. The minimum absolute atomic E-state index is 0.263. The number of methoxy groups -OCH3 is 1. The highest BCUT2D eigenvalue weighted by atomic mass is 32.2. The topological polar surface area (TPSA) is 123 Å². The Bertz CT molecular complexity index is 1130. The van der Waals surface area contributed by atoms with E-state index in [-0.39, 0.29) is 16.5 Å². The van der Waals surface area contributed by atoms with Crippen LogP contribution in [0.1, 0.15) is 11.1 Å². The van der Waals surface area contributed by atoms with E-state index in [1.54, 1.807) is 37.1 Å². The molecule has 3 rings (SSSR count). The monoisotopic (exact) mass is 372 g/mol. The highest BCUT2D eigenvalue weighted by molar-refractivity contribution is 7.90. The fraction of sp³-hybridized carbons (Fsp3) is 0.250. The summed E-state index contributed by atoms with van der Waals surface area (Å²) in [6.45, 7) is 0. The Kier molecular flexibility index (Phi) is 4.48. The van der Waals surface area contributed by atoms with E-state index in [0.29, 0.717) is 28.3 Å². The molecule has 2 aromatic heterocycles. The van der Waals surface area contributed by atoms with E-state index in [2.05, 4.69) is 20.3 Å². The second-order valence-corrected chi connectivity index (χ2v) is 7.42. The van der Waals surface area contributed by atoms with Gasteiger partial charge < -0.3 is 14.6 Å². The number of ether oxygens (including phenoxy) is 1. The van der Waals surface area contributed by atoms with Crippen molar-refractivity contribution in [2.24, 2.45) is 7.05 Å². The maximum Gasteiger partial charge on any atom is 0.251 e. The van der Waals surface area contributed by atoms with E-state index in [0.717, 1.165) is 0 Å². The number of aryl methyl sites for hydroxylation is 1. The number of hydrogen-bond donors (Lipinski definition) is 1. The number of nitrogens with one attached hydrogen (secondary N) is 1. The van der Waals surface area contributed by atoms with E-state index in [4.69, 9.17) is 10.00 Å². The van der Waals surface area contributed by atoms with Gasteiger partial charge in [0.05, 0.1) is 24.8 Å². The highest BCUT2D eigenvalue weighted by Gasteiger charge is 2.23. The maximum absolute atomic E-state index is 12.8. The number of imidazole rings is 1. The van der Waals surface area contributed by atoms with Gasteiger partial charge in [-0.2, -0.15) is 15.2 Å². The Morgan fingerprint density at radius 1 is 1.35 bits per heavy atom. The SMILES string of the molecule is CNc1nc(S(=O)(=O)Cc2ccc(OC)c(C#N)c2)nc2c1ncn2C. The van der Waals surface area contributed by atoms with Gasteiger partial charge in [0.15, 0.2) is 11.5 Å². The Morgan fingerprint density at radius 2 is 2.12 bits per heavy atom. The first-order valence-corrected chi connectivity index (χ1v) is 9.21. The number of rotatable bonds is 5. The minimum atomic E-state index is -3.83. The summed E-state index contributed by atoms with van der Waals surface area (Å²) in [5, 5.41) is 11.7. The summed E-state index contributed by atoms with van der Waals surface area (Å²) < 4.78 is 32.3. The number of anilines is 1. The van der Waals surface area contributed by atoms with Gasteiger partial charge in [0.25, 0.3) is 5.16 Å². The van der Waals surface area contributed by atoms with Gasteiger partial charge in [-0.15, -0.1) is 0 Å². The number of hydrogen-bond acceptors (Lipinski definition) is 8. The summed E-state index contributed by atoms with van der Waals surface area (Å²) in [5.41, 5.74) is 1.61. The van der Waals surface area contributed by atoms with E-state index >= 15 is 0 Å². The molecular weight excluding hydrogens is 356 g/mol. The first-order valence-electron chi connectivity index (χ1n) is 7.56. The third kappa shape index (κ3) is 3.04. The molecule has 134 valence electrons. The predicted octanol–water partition coefficient (Wildman–Crippen LogP) is 1.26. The molecule has 0 spiro atoms. The predicted molar refractivity (Wildman–Crippen MR) is 94.4 cm³/mol. The number of fused-ring (bicyclic) bond motifs is 1. The van der Waals surface area contributed by atoms with Crippen molar-refractivity contribution < 1.29 is 13.2 Å². The second-order valence-electron chi connectivity index (χ2n) is 5.54. The molecule has 0 aliphatic carbocycles. The van der Waals surface area contributed by atoms with Gasteiger partial charge >= 0.3 is 0 Å². The van der Waals surface area contributed by atoms with Crippen LogP contribution in [-0.4, -0.2) is 42.1 Å². The van der Waals surface area contributed by atoms with Crippen LogP contribution in [0.4, 0.5) is 5.82 Å². The average molecular weight is 372 g/mol. The van der Waals surface area contributed by atoms with Gasteiger partial charge in [-0.05, 0) is 17.7 Å². The normalized spacial score (nSPS) is 11.3. The van der Waals surface area contributed by atoms with Crippen LogP contribution < -0.4 is 10.1 Å². The maximum atomic E-state index is 12.8. The van der Waals surface area contributed by atoms with Gasteiger partial charge in [-0.3, -0.25) is 0 Å². The summed E-state index contributed by atoms with van der Waals surface area (Å²) in [5.74, 6) is 0.387. The molecule has 2 heterocycles. The number of nitriles is 1. The Labute approximate surface area is 150 Å². The Morgan fingerprint density at radius 3 is 2.77 bits per heavy atom. The lowest BCUT2D eigenvalue weighted by molar-refractivity contribution is 0.413. The van der Waals surface area contributed by atoms with Crippen molar-refractivity contribution in [1.82, 2.24) is 19.5 Å². The smallest absolute Gasteiger partial charge is 0.251 e. The van der Waals surface area contributed by atoms with Crippen LogP contribution in [0.2, 0.25) is 0 Å². The van der Waals surface area contributed by atoms with E-state index in [9.17, 15) is 8.42 Å². The van der Waals surface area contributed by atoms with Crippen molar-refractivity contribution in [3.63, 3.8) is 0 Å². The molecular formula is C16H16N6O3S. The molecule has 1 aromatic carbocycles. The van der Waals surface area contributed by atoms with Crippen molar-refractivity contribution in [1.29, 1.82) is 5.26 Å². The Balaban J connectivity index is 2.05. The molecule has 26 heavy (non-hydrogen) atoms. The van der Waals surface area contributed by atoms with Crippen LogP contribution in [0.3, 0.4) is 0 Å². The lowest BCUT2D eigenvalue weighted by Crippen LogP contribution is -2.12. The number of benzene rings is 1. The third-order valence-corrected chi connectivity index (χ3v) is 5.25. The lowest BCUT2D eigenvalue weighted by atomic mass is 10.1. The van der Waals surface area contributed by atoms with Gasteiger partial charge in [0.1, 0.15) is 17.3 Å². The van der Waals surface area contributed by atoms with Gasteiger partial charge in [0, 0.05) is 14.1 Å². The average Bonchev–Trinajstić information content (AvgIpc) is 3.01. The summed E-state index contributed by atoms with van der Waals surface area (Å²) in [4.78, 5) is 12.4. The lowest BCUT2D eigenvalue weighted by Gasteiger charge is -2.08. The van der Waals surface area contributed by atoms with Gasteiger partial charge in [-0.1, -0.05) is 6.07 Å².